The molecular formula is C12H19Br2N3O2S. The minimum atomic E-state index is -3.59. The second kappa shape index (κ2) is 7.22. The highest BCUT2D eigenvalue weighted by Gasteiger charge is 2.26. The van der Waals surface area contributed by atoms with Crippen LogP contribution < -0.4 is 5.73 Å². The molecule has 5 nitrogen and oxygen atoms in total. The first kappa shape index (κ1) is 17.9. The highest BCUT2D eigenvalue weighted by atomic mass is 79.9. The lowest BCUT2D eigenvalue weighted by molar-refractivity contribution is 0.370. The molecule has 0 fully saturated rings. The molecule has 0 aliphatic carbocycles. The van der Waals surface area contributed by atoms with Gasteiger partial charge in [0.25, 0.3) is 0 Å². The van der Waals surface area contributed by atoms with Crippen LogP contribution in [-0.4, -0.2) is 51.9 Å². The van der Waals surface area contributed by atoms with Crippen LogP contribution in [0.2, 0.25) is 0 Å². The van der Waals surface area contributed by atoms with Gasteiger partial charge in [0, 0.05) is 22.5 Å². The summed E-state index contributed by atoms with van der Waals surface area (Å²) in [7, 11) is 1.89. The number of anilines is 1. The van der Waals surface area contributed by atoms with Gasteiger partial charge in [0.05, 0.1) is 5.69 Å². The van der Waals surface area contributed by atoms with E-state index in [9.17, 15) is 8.42 Å². The van der Waals surface area contributed by atoms with Crippen molar-refractivity contribution in [3.05, 3.63) is 21.1 Å². The molecule has 0 heterocycles. The summed E-state index contributed by atoms with van der Waals surface area (Å²) >= 11 is 6.55. The molecule has 0 atom stereocenters. The predicted molar refractivity (Wildman–Crippen MR) is 89.2 cm³/mol. The molecule has 0 bridgehead atoms. The lowest BCUT2D eigenvalue weighted by Gasteiger charge is -2.20. The fourth-order valence-corrected chi connectivity index (χ4v) is 4.95. The Morgan fingerprint density at radius 1 is 1.15 bits per heavy atom. The average molecular weight is 429 g/mol. The molecule has 0 unspecified atom stereocenters. The van der Waals surface area contributed by atoms with Gasteiger partial charge in [-0.15, -0.1) is 0 Å². The minimum Gasteiger partial charge on any atom is -0.398 e. The average Bonchev–Trinajstić information content (AvgIpc) is 2.26. The van der Waals surface area contributed by atoms with Crippen LogP contribution in [0.1, 0.15) is 6.42 Å². The van der Waals surface area contributed by atoms with Gasteiger partial charge >= 0.3 is 0 Å². The van der Waals surface area contributed by atoms with Crippen molar-refractivity contribution in [3.63, 3.8) is 0 Å². The Balaban J connectivity index is 2.99. The standard InChI is InChI=1S/C12H19Br2N3O2S/c1-16(2)5-4-6-17(3)20(18,19)12-10(14)7-9(13)8-11(12)15/h7-8H,4-6,15H2,1-3H3. The Hall–Kier alpha value is -0.150. The van der Waals surface area contributed by atoms with Gasteiger partial charge < -0.3 is 10.6 Å². The second-order valence-electron chi connectivity index (χ2n) is 4.79. The third kappa shape index (κ3) is 4.42. The smallest absolute Gasteiger partial charge is 0.245 e. The Morgan fingerprint density at radius 3 is 2.25 bits per heavy atom. The molecule has 0 saturated heterocycles. The largest absolute Gasteiger partial charge is 0.398 e. The van der Waals surface area contributed by atoms with Crippen molar-refractivity contribution < 1.29 is 8.42 Å². The number of rotatable bonds is 6. The first-order valence-electron chi connectivity index (χ1n) is 6.02. The monoisotopic (exact) mass is 427 g/mol. The second-order valence-corrected chi connectivity index (χ2v) is 8.54. The van der Waals surface area contributed by atoms with E-state index in [1.54, 1.807) is 19.2 Å². The molecule has 1 aromatic rings. The molecule has 0 aliphatic heterocycles. The summed E-state index contributed by atoms with van der Waals surface area (Å²) in [6.45, 7) is 1.28. The van der Waals surface area contributed by atoms with E-state index in [1.807, 2.05) is 19.0 Å². The Bertz CT molecular complexity index is 553. The minimum absolute atomic E-state index is 0.119. The maximum absolute atomic E-state index is 12.5. The lowest BCUT2D eigenvalue weighted by Crippen LogP contribution is -2.30. The molecule has 0 saturated carbocycles. The van der Waals surface area contributed by atoms with E-state index >= 15 is 0 Å². The number of sulfonamides is 1. The lowest BCUT2D eigenvalue weighted by atomic mass is 10.3. The fourth-order valence-electron chi connectivity index (χ4n) is 1.74. The van der Waals surface area contributed by atoms with Crippen molar-refractivity contribution in [2.75, 3.05) is 40.0 Å². The van der Waals surface area contributed by atoms with Gasteiger partial charge in [-0.25, -0.2) is 12.7 Å². The first-order chi connectivity index (χ1) is 9.16. The van der Waals surface area contributed by atoms with E-state index in [0.29, 0.717) is 11.0 Å². The highest BCUT2D eigenvalue weighted by molar-refractivity contribution is 9.11. The van der Waals surface area contributed by atoms with Crippen LogP contribution in [0.5, 0.6) is 0 Å². The highest BCUT2D eigenvalue weighted by Crippen LogP contribution is 2.33. The summed E-state index contributed by atoms with van der Waals surface area (Å²) in [5.41, 5.74) is 6.08. The number of nitrogen functional groups attached to an aromatic ring is 1. The van der Waals surface area contributed by atoms with Crippen LogP contribution in [0.3, 0.4) is 0 Å². The zero-order valence-electron chi connectivity index (χ0n) is 11.7. The maximum Gasteiger partial charge on any atom is 0.245 e. The van der Waals surface area contributed by atoms with Crippen molar-refractivity contribution in [1.29, 1.82) is 0 Å². The number of hydrogen-bond acceptors (Lipinski definition) is 4. The number of benzene rings is 1. The molecule has 0 aromatic heterocycles. The van der Waals surface area contributed by atoms with Crippen molar-refractivity contribution in [2.45, 2.75) is 11.3 Å². The number of halogens is 2. The third-order valence-electron chi connectivity index (χ3n) is 2.78. The van der Waals surface area contributed by atoms with E-state index in [1.165, 1.54) is 4.31 Å². The Morgan fingerprint density at radius 2 is 1.75 bits per heavy atom. The molecule has 1 rings (SSSR count). The third-order valence-corrected chi connectivity index (χ3v) is 6.10. The van der Waals surface area contributed by atoms with E-state index < -0.39 is 10.0 Å². The maximum atomic E-state index is 12.5. The molecule has 0 radical (unpaired) electrons. The molecule has 8 heteroatoms. The summed E-state index contributed by atoms with van der Waals surface area (Å²) in [5, 5.41) is 0. The van der Waals surface area contributed by atoms with E-state index in [2.05, 4.69) is 31.9 Å². The Kier molecular flexibility index (Phi) is 6.46. The van der Waals surface area contributed by atoms with Crippen LogP contribution in [-0.2, 0) is 10.0 Å². The quantitative estimate of drug-likeness (QED) is 0.706. The van der Waals surface area contributed by atoms with E-state index in [4.69, 9.17) is 5.73 Å². The molecule has 2 N–H and O–H groups in total. The molecule has 114 valence electrons. The van der Waals surface area contributed by atoms with E-state index in [0.717, 1.165) is 17.4 Å². The van der Waals surface area contributed by atoms with Crippen LogP contribution in [0.4, 0.5) is 5.69 Å². The summed E-state index contributed by atoms with van der Waals surface area (Å²) in [5.74, 6) is 0. The van der Waals surface area contributed by atoms with Crippen molar-refractivity contribution in [1.82, 2.24) is 9.21 Å². The summed E-state index contributed by atoms with van der Waals surface area (Å²) in [6, 6.07) is 3.27. The van der Waals surface area contributed by atoms with Gasteiger partial charge in [0.15, 0.2) is 0 Å². The molecule has 0 aliphatic rings. The SMILES string of the molecule is CN(C)CCCN(C)S(=O)(=O)c1c(N)cc(Br)cc1Br. The topological polar surface area (TPSA) is 66.6 Å². The Labute approximate surface area is 137 Å². The molecule has 20 heavy (non-hydrogen) atoms. The summed E-state index contributed by atoms with van der Waals surface area (Å²) in [4.78, 5) is 2.14. The first-order valence-corrected chi connectivity index (χ1v) is 9.04. The van der Waals surface area contributed by atoms with Gasteiger partial charge in [-0.1, -0.05) is 15.9 Å². The van der Waals surface area contributed by atoms with Gasteiger partial charge in [0.1, 0.15) is 4.90 Å². The number of nitrogens with zero attached hydrogens (tertiary/aromatic N) is 2. The summed E-state index contributed by atoms with van der Waals surface area (Å²) in [6.07, 6.45) is 0.761. The summed E-state index contributed by atoms with van der Waals surface area (Å²) < 4.78 is 27.6. The molecular weight excluding hydrogens is 410 g/mol. The number of hydrogen-bond donors (Lipinski definition) is 1. The normalized spacial score (nSPS) is 12.3. The zero-order chi connectivity index (χ0) is 15.5. The fraction of sp³-hybridized carbons (Fsp3) is 0.500. The van der Waals surface area contributed by atoms with E-state index in [-0.39, 0.29) is 10.6 Å². The van der Waals surface area contributed by atoms with Crippen LogP contribution in [0, 0.1) is 0 Å². The van der Waals surface area contributed by atoms with Gasteiger partial charge in [0.2, 0.25) is 10.0 Å². The molecule has 0 spiro atoms. The van der Waals surface area contributed by atoms with Crippen molar-refractivity contribution in [3.8, 4) is 0 Å². The van der Waals surface area contributed by atoms with Crippen LogP contribution >= 0.6 is 31.9 Å². The van der Waals surface area contributed by atoms with Crippen molar-refractivity contribution >= 4 is 47.6 Å². The molecule has 1 aromatic carbocycles. The predicted octanol–water partition coefficient (Wildman–Crippen LogP) is 2.37. The van der Waals surface area contributed by atoms with Gasteiger partial charge in [-0.3, -0.25) is 0 Å². The zero-order valence-corrected chi connectivity index (χ0v) is 15.7. The van der Waals surface area contributed by atoms with Gasteiger partial charge in [-0.05, 0) is 55.1 Å². The van der Waals surface area contributed by atoms with Crippen LogP contribution in [0.15, 0.2) is 26.0 Å². The number of nitrogens with two attached hydrogens (primary N) is 1. The van der Waals surface area contributed by atoms with Crippen molar-refractivity contribution in [2.24, 2.45) is 0 Å². The van der Waals surface area contributed by atoms with Gasteiger partial charge in [-0.2, -0.15) is 0 Å². The van der Waals surface area contributed by atoms with Crippen LogP contribution in [0.25, 0.3) is 0 Å². The molecule has 0 amide bonds.